The van der Waals surface area contributed by atoms with Crippen LogP contribution in [-0.4, -0.2) is 26.6 Å². The van der Waals surface area contributed by atoms with E-state index in [0.29, 0.717) is 12.2 Å². The third-order valence-electron chi connectivity index (χ3n) is 4.03. The van der Waals surface area contributed by atoms with Crippen LogP contribution in [0, 0.1) is 11.7 Å². The predicted octanol–water partition coefficient (Wildman–Crippen LogP) is 2.13. The van der Waals surface area contributed by atoms with Gasteiger partial charge < -0.3 is 4.90 Å². The third kappa shape index (κ3) is 3.80. The van der Waals surface area contributed by atoms with Crippen molar-refractivity contribution >= 4 is 21.6 Å². The highest BCUT2D eigenvalue weighted by Crippen LogP contribution is 2.28. The Morgan fingerprint density at radius 1 is 1.04 bits per heavy atom. The number of nitrogens with two attached hydrogens (primary N) is 1. The van der Waals surface area contributed by atoms with Gasteiger partial charge in [0.05, 0.1) is 5.75 Å². The van der Waals surface area contributed by atoms with Gasteiger partial charge in [-0.15, -0.1) is 0 Å². The van der Waals surface area contributed by atoms with Crippen molar-refractivity contribution < 1.29 is 17.6 Å². The standard InChI is InChI=1S/C17H17FN2O3S/c18-15-5-1-13(2-6-15)14-3-7-16(8-4-14)20-10-12(9-17(20)21)11-24(19,22)23/h1-8,12H,9-11H2,(H2,19,22,23). The summed E-state index contributed by atoms with van der Waals surface area (Å²) in [5.74, 6) is -0.885. The SMILES string of the molecule is NS(=O)(=O)CC1CC(=O)N(c2ccc(-c3ccc(F)cc3)cc2)C1. The Morgan fingerprint density at radius 3 is 2.12 bits per heavy atom. The van der Waals surface area contributed by atoms with E-state index in [9.17, 15) is 17.6 Å². The van der Waals surface area contributed by atoms with E-state index in [1.807, 2.05) is 12.1 Å². The molecule has 1 unspecified atom stereocenters. The first-order valence-corrected chi connectivity index (χ1v) is 9.20. The maximum Gasteiger partial charge on any atom is 0.227 e. The lowest BCUT2D eigenvalue weighted by molar-refractivity contribution is -0.117. The van der Waals surface area contributed by atoms with Crippen molar-refractivity contribution in [3.05, 3.63) is 54.3 Å². The molecule has 1 atom stereocenters. The fourth-order valence-electron chi connectivity index (χ4n) is 2.95. The van der Waals surface area contributed by atoms with Crippen molar-refractivity contribution in [2.24, 2.45) is 11.1 Å². The van der Waals surface area contributed by atoms with Crippen LogP contribution < -0.4 is 10.0 Å². The van der Waals surface area contributed by atoms with E-state index in [4.69, 9.17) is 5.14 Å². The number of benzene rings is 2. The van der Waals surface area contributed by atoms with Crippen molar-refractivity contribution in [1.29, 1.82) is 0 Å². The molecule has 1 heterocycles. The Kier molecular flexibility index (Phi) is 4.38. The molecule has 1 amide bonds. The summed E-state index contributed by atoms with van der Waals surface area (Å²) in [6.45, 7) is 0.338. The first kappa shape index (κ1) is 16.6. The third-order valence-corrected chi connectivity index (χ3v) is 4.97. The Bertz CT molecular complexity index is 848. The minimum atomic E-state index is -3.59. The van der Waals surface area contributed by atoms with Gasteiger partial charge in [0.2, 0.25) is 15.9 Å². The second-order valence-electron chi connectivity index (χ2n) is 5.96. The Morgan fingerprint density at radius 2 is 1.58 bits per heavy atom. The van der Waals surface area contributed by atoms with Crippen LogP contribution in [0.25, 0.3) is 11.1 Å². The van der Waals surface area contributed by atoms with Gasteiger partial charge in [0.25, 0.3) is 0 Å². The molecule has 0 aromatic heterocycles. The molecule has 7 heteroatoms. The number of rotatable bonds is 4. The molecular weight excluding hydrogens is 331 g/mol. The van der Waals surface area contributed by atoms with Gasteiger partial charge in [0.1, 0.15) is 5.82 Å². The minimum absolute atomic E-state index is 0.113. The molecule has 24 heavy (non-hydrogen) atoms. The highest BCUT2D eigenvalue weighted by Gasteiger charge is 2.32. The van der Waals surface area contributed by atoms with E-state index < -0.39 is 10.0 Å². The largest absolute Gasteiger partial charge is 0.312 e. The van der Waals surface area contributed by atoms with Crippen LogP contribution >= 0.6 is 0 Å². The lowest BCUT2D eigenvalue weighted by atomic mass is 10.1. The molecule has 2 aromatic rings. The summed E-state index contributed by atoms with van der Waals surface area (Å²) >= 11 is 0. The molecule has 1 saturated heterocycles. The number of amides is 1. The maximum absolute atomic E-state index is 13.0. The van der Waals surface area contributed by atoms with Gasteiger partial charge in [-0.1, -0.05) is 24.3 Å². The van der Waals surface area contributed by atoms with Crippen LogP contribution in [0.1, 0.15) is 6.42 Å². The van der Waals surface area contributed by atoms with Gasteiger partial charge in [0, 0.05) is 24.6 Å². The fourth-order valence-corrected chi connectivity index (χ4v) is 3.83. The van der Waals surface area contributed by atoms with E-state index in [2.05, 4.69) is 0 Å². The summed E-state index contributed by atoms with van der Waals surface area (Å²) in [4.78, 5) is 13.7. The van der Waals surface area contributed by atoms with Gasteiger partial charge in [-0.2, -0.15) is 0 Å². The Balaban J connectivity index is 1.76. The molecule has 5 nitrogen and oxygen atoms in total. The first-order chi connectivity index (χ1) is 11.3. The fraction of sp³-hybridized carbons (Fsp3) is 0.235. The number of carbonyl (C=O) groups excluding carboxylic acids is 1. The number of halogens is 1. The summed E-state index contributed by atoms with van der Waals surface area (Å²) < 4.78 is 35.3. The van der Waals surface area contributed by atoms with E-state index in [1.54, 1.807) is 29.2 Å². The molecule has 1 aliphatic heterocycles. The molecule has 1 fully saturated rings. The topological polar surface area (TPSA) is 80.5 Å². The quantitative estimate of drug-likeness (QED) is 0.919. The molecule has 0 radical (unpaired) electrons. The average molecular weight is 348 g/mol. The number of primary sulfonamides is 1. The molecule has 126 valence electrons. The van der Waals surface area contributed by atoms with Crippen molar-refractivity contribution in [2.45, 2.75) is 6.42 Å². The van der Waals surface area contributed by atoms with Crippen LogP contribution in [0.3, 0.4) is 0 Å². The van der Waals surface area contributed by atoms with Crippen LogP contribution in [0.5, 0.6) is 0 Å². The van der Waals surface area contributed by atoms with Gasteiger partial charge in [-0.25, -0.2) is 17.9 Å². The highest BCUT2D eigenvalue weighted by molar-refractivity contribution is 7.89. The van der Waals surface area contributed by atoms with E-state index >= 15 is 0 Å². The molecule has 2 N–H and O–H groups in total. The van der Waals surface area contributed by atoms with Crippen molar-refractivity contribution in [1.82, 2.24) is 0 Å². The molecular formula is C17H17FN2O3S. The number of anilines is 1. The monoisotopic (exact) mass is 348 g/mol. The van der Waals surface area contributed by atoms with Crippen molar-refractivity contribution in [3.8, 4) is 11.1 Å². The summed E-state index contributed by atoms with van der Waals surface area (Å²) in [7, 11) is -3.59. The summed E-state index contributed by atoms with van der Waals surface area (Å²) in [5, 5.41) is 5.06. The number of carbonyl (C=O) groups is 1. The number of hydrogen-bond acceptors (Lipinski definition) is 3. The predicted molar refractivity (Wildman–Crippen MR) is 90.3 cm³/mol. The smallest absolute Gasteiger partial charge is 0.227 e. The van der Waals surface area contributed by atoms with Crippen LogP contribution in [0.2, 0.25) is 0 Å². The van der Waals surface area contributed by atoms with Gasteiger partial charge in [-0.05, 0) is 35.4 Å². The zero-order chi connectivity index (χ0) is 17.3. The number of nitrogens with zero attached hydrogens (tertiary/aromatic N) is 1. The zero-order valence-corrected chi connectivity index (χ0v) is 13.7. The number of sulfonamides is 1. The molecule has 0 bridgehead atoms. The van der Waals surface area contributed by atoms with E-state index in [0.717, 1.165) is 11.1 Å². The normalized spacial score (nSPS) is 18.2. The van der Waals surface area contributed by atoms with Gasteiger partial charge >= 0.3 is 0 Å². The highest BCUT2D eigenvalue weighted by atomic mass is 32.2. The molecule has 0 spiro atoms. The zero-order valence-electron chi connectivity index (χ0n) is 12.9. The van der Waals surface area contributed by atoms with Gasteiger partial charge in [0.15, 0.2) is 0 Å². The molecule has 2 aromatic carbocycles. The Labute approximate surface area is 139 Å². The number of hydrogen-bond donors (Lipinski definition) is 1. The molecule has 1 aliphatic rings. The lowest BCUT2D eigenvalue weighted by Crippen LogP contribution is -2.27. The van der Waals surface area contributed by atoms with Crippen molar-refractivity contribution in [3.63, 3.8) is 0 Å². The summed E-state index contributed by atoms with van der Waals surface area (Å²) in [6.07, 6.45) is 0.177. The average Bonchev–Trinajstić information content (AvgIpc) is 2.86. The summed E-state index contributed by atoms with van der Waals surface area (Å²) in [6, 6.07) is 13.5. The van der Waals surface area contributed by atoms with Crippen LogP contribution in [0.4, 0.5) is 10.1 Å². The molecule has 0 saturated carbocycles. The molecule has 3 rings (SSSR count). The lowest BCUT2D eigenvalue weighted by Gasteiger charge is -2.17. The van der Waals surface area contributed by atoms with Crippen molar-refractivity contribution in [2.75, 3.05) is 17.2 Å². The maximum atomic E-state index is 13.0. The second-order valence-corrected chi connectivity index (χ2v) is 7.62. The van der Waals surface area contributed by atoms with Crippen LogP contribution in [-0.2, 0) is 14.8 Å². The second kappa shape index (κ2) is 6.33. The van der Waals surface area contributed by atoms with Crippen LogP contribution in [0.15, 0.2) is 48.5 Å². The minimum Gasteiger partial charge on any atom is -0.312 e. The summed E-state index contributed by atoms with van der Waals surface area (Å²) in [5.41, 5.74) is 2.50. The van der Waals surface area contributed by atoms with E-state index in [-0.39, 0.29) is 29.8 Å². The Hall–Kier alpha value is -2.25. The van der Waals surface area contributed by atoms with E-state index in [1.165, 1.54) is 12.1 Å². The first-order valence-electron chi connectivity index (χ1n) is 7.49. The van der Waals surface area contributed by atoms with Gasteiger partial charge in [-0.3, -0.25) is 4.79 Å². The molecule has 0 aliphatic carbocycles.